The molecule has 0 aromatic heterocycles. The molecule has 0 aliphatic rings. The molecule has 0 saturated heterocycles. The van der Waals surface area contributed by atoms with Gasteiger partial charge in [0.15, 0.2) is 5.60 Å². The molecule has 2 N–H and O–H groups in total. The predicted octanol–water partition coefficient (Wildman–Crippen LogP) is 7.02. The monoisotopic (exact) mass is 470 g/mol. The van der Waals surface area contributed by atoms with E-state index in [4.69, 9.17) is 9.47 Å². The lowest BCUT2D eigenvalue weighted by molar-refractivity contribution is -0.152. The molecule has 2 rings (SSSR count). The number of carbonyl (C=O) groups is 1. The molecule has 34 heavy (non-hydrogen) atoms. The van der Waals surface area contributed by atoms with Crippen LogP contribution in [0.5, 0.6) is 17.2 Å². The van der Waals surface area contributed by atoms with E-state index in [-0.39, 0.29) is 10.8 Å². The van der Waals surface area contributed by atoms with Gasteiger partial charge in [-0.25, -0.2) is 4.79 Å². The number of ether oxygens (including phenoxy) is 2. The number of hydrogen-bond acceptors (Lipinski definition) is 4. The largest absolute Gasteiger partial charge is 0.507 e. The normalized spacial score (nSPS) is 12.5. The summed E-state index contributed by atoms with van der Waals surface area (Å²) in [5.41, 5.74) is 1.42. The molecule has 188 valence electrons. The van der Waals surface area contributed by atoms with Gasteiger partial charge in [-0.2, -0.15) is 0 Å². The summed E-state index contributed by atoms with van der Waals surface area (Å²) in [5.74, 6) is 0.751. The Morgan fingerprint density at radius 3 is 1.79 bits per heavy atom. The number of phenolic OH excluding ortho intramolecular Hbond substituents is 1. The van der Waals surface area contributed by atoms with Crippen LogP contribution in [0.1, 0.15) is 91.3 Å². The van der Waals surface area contributed by atoms with Crippen LogP contribution in [0.15, 0.2) is 36.4 Å². The number of hydrogen-bond donors (Lipinski definition) is 2. The first-order valence-electron chi connectivity index (χ1n) is 12.1. The van der Waals surface area contributed by atoms with Crippen LogP contribution in [0.25, 0.3) is 0 Å². The molecule has 0 heterocycles. The average molecular weight is 471 g/mol. The molecular formula is C29H42O5. The van der Waals surface area contributed by atoms with E-state index in [0.29, 0.717) is 18.1 Å². The fraction of sp³-hybridized carbons (Fsp3) is 0.552. The first-order valence-corrected chi connectivity index (χ1v) is 12.1. The van der Waals surface area contributed by atoms with Crippen molar-refractivity contribution in [3.8, 4) is 17.2 Å². The SMILES string of the molecule is CC(C)(Oc1ccc(CCCCCOc2cc(C(C)(C)C)c(O)c(C(C)(C)C)c2)cc1)C(=O)O. The summed E-state index contributed by atoms with van der Waals surface area (Å²) in [5, 5.41) is 20.0. The van der Waals surface area contributed by atoms with Crippen LogP contribution in [0.3, 0.4) is 0 Å². The first-order chi connectivity index (χ1) is 15.6. The Bertz CT molecular complexity index is 924. The second-order valence-corrected chi connectivity index (χ2v) is 11.6. The Morgan fingerprint density at radius 2 is 1.32 bits per heavy atom. The molecule has 0 bridgehead atoms. The minimum atomic E-state index is -1.25. The minimum absolute atomic E-state index is 0.173. The van der Waals surface area contributed by atoms with Gasteiger partial charge in [0.05, 0.1) is 6.61 Å². The van der Waals surface area contributed by atoms with Crippen LogP contribution in [0, 0.1) is 0 Å². The lowest BCUT2D eigenvalue weighted by Gasteiger charge is -2.28. The van der Waals surface area contributed by atoms with E-state index in [2.05, 4.69) is 41.5 Å². The van der Waals surface area contributed by atoms with Crippen molar-refractivity contribution >= 4 is 5.97 Å². The number of benzene rings is 2. The van der Waals surface area contributed by atoms with Gasteiger partial charge in [-0.1, -0.05) is 53.7 Å². The maximum atomic E-state index is 11.2. The van der Waals surface area contributed by atoms with Crippen molar-refractivity contribution in [1.82, 2.24) is 0 Å². The fourth-order valence-electron chi connectivity index (χ4n) is 3.70. The third-order valence-electron chi connectivity index (χ3n) is 5.89. The van der Waals surface area contributed by atoms with Crippen LogP contribution in [-0.4, -0.2) is 28.4 Å². The van der Waals surface area contributed by atoms with Gasteiger partial charge in [0.2, 0.25) is 0 Å². The topological polar surface area (TPSA) is 76.0 Å². The predicted molar refractivity (Wildman–Crippen MR) is 137 cm³/mol. The molecule has 0 spiro atoms. The van der Waals surface area contributed by atoms with E-state index in [1.165, 1.54) is 19.4 Å². The van der Waals surface area contributed by atoms with Crippen molar-refractivity contribution in [3.05, 3.63) is 53.1 Å². The average Bonchev–Trinajstić information content (AvgIpc) is 2.70. The van der Waals surface area contributed by atoms with Crippen LogP contribution in [-0.2, 0) is 22.0 Å². The number of unbranched alkanes of at least 4 members (excludes halogenated alkanes) is 2. The number of rotatable bonds is 10. The Labute approximate surface area is 205 Å². The van der Waals surface area contributed by atoms with E-state index >= 15 is 0 Å². The van der Waals surface area contributed by atoms with E-state index in [1.807, 2.05) is 36.4 Å². The van der Waals surface area contributed by atoms with E-state index < -0.39 is 11.6 Å². The first kappa shape index (κ1) is 27.6. The molecular weight excluding hydrogens is 428 g/mol. The van der Waals surface area contributed by atoms with E-state index in [9.17, 15) is 15.0 Å². The summed E-state index contributed by atoms with van der Waals surface area (Å²) in [6.07, 6.45) is 3.98. The standard InChI is InChI=1S/C29H42O5/c1-27(2,3)23-18-22(19-24(25(23)30)28(4,5)6)33-17-11-9-10-12-20-13-15-21(16-14-20)34-29(7,8)26(31)32/h13-16,18-19,30H,9-12,17H2,1-8H3,(H,31,32). The summed E-state index contributed by atoms with van der Waals surface area (Å²) in [7, 11) is 0. The fourth-order valence-corrected chi connectivity index (χ4v) is 3.70. The molecule has 0 aliphatic heterocycles. The molecule has 2 aromatic rings. The van der Waals surface area contributed by atoms with Gasteiger partial charge in [0, 0.05) is 11.1 Å². The maximum Gasteiger partial charge on any atom is 0.347 e. The molecule has 0 amide bonds. The lowest BCUT2D eigenvalue weighted by Crippen LogP contribution is -2.37. The van der Waals surface area contributed by atoms with Crippen molar-refractivity contribution < 1.29 is 24.5 Å². The van der Waals surface area contributed by atoms with E-state index in [1.54, 1.807) is 0 Å². The lowest BCUT2D eigenvalue weighted by atomic mass is 9.79. The number of phenols is 1. The third-order valence-corrected chi connectivity index (χ3v) is 5.89. The van der Waals surface area contributed by atoms with Crippen molar-refractivity contribution in [1.29, 1.82) is 0 Å². The minimum Gasteiger partial charge on any atom is -0.507 e. The molecule has 0 unspecified atom stereocenters. The summed E-state index contributed by atoms with van der Waals surface area (Å²) in [6, 6.07) is 11.6. The number of carboxylic acid groups (broad SMARTS) is 1. The van der Waals surface area contributed by atoms with Crippen molar-refractivity contribution in [3.63, 3.8) is 0 Å². The Morgan fingerprint density at radius 1 is 0.794 bits per heavy atom. The zero-order valence-electron chi connectivity index (χ0n) is 22.1. The summed E-state index contributed by atoms with van der Waals surface area (Å²) >= 11 is 0. The molecule has 2 aromatic carbocycles. The van der Waals surface area contributed by atoms with E-state index in [0.717, 1.165) is 42.6 Å². The highest BCUT2D eigenvalue weighted by Gasteiger charge is 2.29. The van der Waals surface area contributed by atoms with Gasteiger partial charge in [-0.3, -0.25) is 0 Å². The number of aryl methyl sites for hydroxylation is 1. The molecule has 5 nitrogen and oxygen atoms in total. The molecule has 0 fully saturated rings. The van der Waals surface area contributed by atoms with Gasteiger partial charge in [0.1, 0.15) is 17.2 Å². The maximum absolute atomic E-state index is 11.2. The molecule has 0 saturated carbocycles. The number of aromatic hydroxyl groups is 1. The highest BCUT2D eigenvalue weighted by atomic mass is 16.5. The van der Waals surface area contributed by atoms with Crippen molar-refractivity contribution in [2.45, 2.75) is 97.5 Å². The van der Waals surface area contributed by atoms with Gasteiger partial charge in [-0.15, -0.1) is 0 Å². The van der Waals surface area contributed by atoms with Crippen molar-refractivity contribution in [2.24, 2.45) is 0 Å². The van der Waals surface area contributed by atoms with Crippen LogP contribution < -0.4 is 9.47 Å². The summed E-state index contributed by atoms with van der Waals surface area (Å²) in [6.45, 7) is 16.3. The zero-order chi connectivity index (χ0) is 25.7. The second-order valence-electron chi connectivity index (χ2n) is 11.6. The number of carboxylic acids is 1. The molecule has 0 aliphatic carbocycles. The van der Waals surface area contributed by atoms with Crippen LogP contribution in [0.2, 0.25) is 0 Å². The highest BCUT2D eigenvalue weighted by molar-refractivity contribution is 5.76. The summed E-state index contributed by atoms with van der Waals surface area (Å²) in [4.78, 5) is 11.2. The van der Waals surface area contributed by atoms with Gasteiger partial charge in [0.25, 0.3) is 0 Å². The highest BCUT2D eigenvalue weighted by Crippen LogP contribution is 2.41. The Kier molecular flexibility index (Phi) is 8.68. The number of aliphatic carboxylic acids is 1. The molecule has 0 radical (unpaired) electrons. The van der Waals surface area contributed by atoms with Crippen LogP contribution in [0.4, 0.5) is 0 Å². The third kappa shape index (κ3) is 7.68. The molecule has 0 atom stereocenters. The van der Waals surface area contributed by atoms with Gasteiger partial charge >= 0.3 is 5.97 Å². The quantitative estimate of drug-likeness (QED) is 0.365. The Balaban J connectivity index is 1.86. The zero-order valence-corrected chi connectivity index (χ0v) is 22.1. The van der Waals surface area contributed by atoms with Gasteiger partial charge < -0.3 is 19.7 Å². The second kappa shape index (κ2) is 10.7. The van der Waals surface area contributed by atoms with Crippen LogP contribution >= 0.6 is 0 Å². The van der Waals surface area contributed by atoms with Gasteiger partial charge in [-0.05, 0) is 80.2 Å². The Hall–Kier alpha value is -2.69. The smallest absolute Gasteiger partial charge is 0.347 e. The van der Waals surface area contributed by atoms with Crippen molar-refractivity contribution in [2.75, 3.05) is 6.61 Å². The summed E-state index contributed by atoms with van der Waals surface area (Å²) < 4.78 is 11.6. The molecule has 5 heteroatoms.